The van der Waals surface area contributed by atoms with Gasteiger partial charge in [-0.05, 0) is 20.3 Å². The number of carbonyl (C=O) groups is 1. The molecular formula is C10H21O5P. The molecule has 0 unspecified atom stereocenters. The lowest BCUT2D eigenvalue weighted by atomic mass is 9.79. The van der Waals surface area contributed by atoms with E-state index in [0.29, 0.717) is 13.0 Å². The van der Waals surface area contributed by atoms with Crippen molar-refractivity contribution >= 4 is 13.4 Å². The van der Waals surface area contributed by atoms with E-state index in [2.05, 4.69) is 0 Å². The number of ketones is 1. The zero-order valence-corrected chi connectivity index (χ0v) is 11.4. The van der Waals surface area contributed by atoms with E-state index < -0.39 is 24.0 Å². The minimum atomic E-state index is -4.44. The zero-order chi connectivity index (χ0) is 13.2. The summed E-state index contributed by atoms with van der Waals surface area (Å²) >= 11 is 0. The molecule has 6 heteroatoms. The monoisotopic (exact) mass is 252 g/mol. The first-order valence-electron chi connectivity index (χ1n) is 5.06. The Morgan fingerprint density at radius 3 is 2.00 bits per heavy atom. The molecule has 0 aromatic carbocycles. The van der Waals surface area contributed by atoms with Crippen LogP contribution in [0.25, 0.3) is 0 Å². The van der Waals surface area contributed by atoms with Crippen LogP contribution >= 0.6 is 7.60 Å². The van der Waals surface area contributed by atoms with Gasteiger partial charge >= 0.3 is 7.60 Å². The van der Waals surface area contributed by atoms with Gasteiger partial charge in [-0.3, -0.25) is 9.36 Å². The Bertz CT molecular complexity index is 302. The molecule has 2 N–H and O–H groups in total. The summed E-state index contributed by atoms with van der Waals surface area (Å²) in [4.78, 5) is 30.4. The van der Waals surface area contributed by atoms with Crippen LogP contribution in [0.15, 0.2) is 0 Å². The molecule has 0 aromatic rings. The molecule has 0 aromatic heterocycles. The van der Waals surface area contributed by atoms with Crippen molar-refractivity contribution in [2.45, 2.75) is 39.3 Å². The van der Waals surface area contributed by atoms with Crippen LogP contribution in [0.4, 0.5) is 0 Å². The first-order chi connectivity index (χ1) is 6.97. The van der Waals surface area contributed by atoms with Crippen molar-refractivity contribution < 1.29 is 23.9 Å². The number of carbonyl (C=O) groups excluding carboxylic acids is 1. The highest BCUT2D eigenvalue weighted by Gasteiger charge is 2.49. The summed E-state index contributed by atoms with van der Waals surface area (Å²) in [5.41, 5.74) is -0.805. The van der Waals surface area contributed by atoms with Gasteiger partial charge in [-0.25, -0.2) is 0 Å². The van der Waals surface area contributed by atoms with Gasteiger partial charge < -0.3 is 14.5 Å². The van der Waals surface area contributed by atoms with Crippen LogP contribution in [0.1, 0.15) is 34.1 Å². The van der Waals surface area contributed by atoms with Gasteiger partial charge in [-0.2, -0.15) is 0 Å². The van der Waals surface area contributed by atoms with Gasteiger partial charge in [0.2, 0.25) is 0 Å². The summed E-state index contributed by atoms with van der Waals surface area (Å²) in [7, 11) is -2.92. The van der Waals surface area contributed by atoms with E-state index in [0.717, 1.165) is 0 Å². The molecule has 0 saturated carbocycles. The van der Waals surface area contributed by atoms with Crippen molar-refractivity contribution in [1.82, 2.24) is 0 Å². The number of hydrogen-bond acceptors (Lipinski definition) is 3. The van der Waals surface area contributed by atoms with E-state index >= 15 is 0 Å². The SMILES string of the molecule is COCCC(C)(C)C(=O)C(C)(C)P(=O)(O)O. The third-order valence-electron chi connectivity index (χ3n) is 2.83. The maximum atomic E-state index is 12.1. The average molecular weight is 252 g/mol. The maximum absolute atomic E-state index is 12.1. The van der Waals surface area contributed by atoms with Crippen LogP contribution in [0.5, 0.6) is 0 Å². The Labute approximate surface area is 96.4 Å². The lowest BCUT2D eigenvalue weighted by molar-refractivity contribution is -0.130. The highest BCUT2D eigenvalue weighted by Crippen LogP contribution is 2.53. The third kappa shape index (κ3) is 3.39. The molecule has 0 aliphatic carbocycles. The number of hydrogen-bond donors (Lipinski definition) is 2. The van der Waals surface area contributed by atoms with Gasteiger partial charge in [0, 0.05) is 19.1 Å². The second-order valence-corrected chi connectivity index (χ2v) is 7.26. The minimum absolute atomic E-state index is 0.385. The predicted molar refractivity (Wildman–Crippen MR) is 61.4 cm³/mol. The van der Waals surface area contributed by atoms with Gasteiger partial charge in [0.1, 0.15) is 5.16 Å². The quantitative estimate of drug-likeness (QED) is 0.701. The fourth-order valence-corrected chi connectivity index (χ4v) is 2.00. The average Bonchev–Trinajstić information content (AvgIpc) is 2.11. The summed E-state index contributed by atoms with van der Waals surface area (Å²) in [6.45, 7) is 6.29. The molecule has 0 saturated heterocycles. The smallest absolute Gasteiger partial charge is 0.338 e. The lowest BCUT2D eigenvalue weighted by Crippen LogP contribution is -2.42. The normalized spacial score (nSPS) is 13.9. The van der Waals surface area contributed by atoms with Crippen LogP contribution in [0.3, 0.4) is 0 Å². The van der Waals surface area contributed by atoms with E-state index in [4.69, 9.17) is 14.5 Å². The van der Waals surface area contributed by atoms with Crippen LogP contribution in [-0.2, 0) is 14.1 Å². The van der Waals surface area contributed by atoms with E-state index in [-0.39, 0.29) is 0 Å². The first-order valence-corrected chi connectivity index (χ1v) is 6.67. The summed E-state index contributed by atoms with van der Waals surface area (Å²) < 4.78 is 16.1. The number of Topliss-reactive ketones (excluding diaryl/α,β-unsaturated/α-hetero) is 1. The number of ether oxygens (including phenoxy) is 1. The fourth-order valence-electron chi connectivity index (χ4n) is 1.43. The molecule has 0 rings (SSSR count). The Hall–Kier alpha value is -0.220. The molecule has 0 amide bonds. The largest absolute Gasteiger partial charge is 0.385 e. The molecule has 0 aliphatic heterocycles. The Balaban J connectivity index is 4.99. The van der Waals surface area contributed by atoms with Gasteiger partial charge in [0.25, 0.3) is 0 Å². The summed E-state index contributed by atoms with van der Waals surface area (Å²) in [6.07, 6.45) is 0.436. The number of methoxy groups -OCH3 is 1. The van der Waals surface area contributed by atoms with Gasteiger partial charge in [-0.15, -0.1) is 0 Å². The van der Waals surface area contributed by atoms with E-state index in [1.165, 1.54) is 21.0 Å². The van der Waals surface area contributed by atoms with Crippen LogP contribution in [-0.4, -0.2) is 34.4 Å². The summed E-state index contributed by atoms with van der Waals surface area (Å²) in [5.74, 6) is -0.439. The topological polar surface area (TPSA) is 83.8 Å². The maximum Gasteiger partial charge on any atom is 0.338 e. The second-order valence-electron chi connectivity index (χ2n) is 5.06. The summed E-state index contributed by atoms with van der Waals surface area (Å²) in [6, 6.07) is 0. The molecule has 0 spiro atoms. The van der Waals surface area contributed by atoms with Crippen molar-refractivity contribution in [2.75, 3.05) is 13.7 Å². The molecule has 0 bridgehead atoms. The predicted octanol–water partition coefficient (Wildman–Crippen LogP) is 1.57. The Morgan fingerprint density at radius 2 is 1.69 bits per heavy atom. The minimum Gasteiger partial charge on any atom is -0.385 e. The zero-order valence-electron chi connectivity index (χ0n) is 10.5. The van der Waals surface area contributed by atoms with Gasteiger partial charge in [0.05, 0.1) is 0 Å². The molecular weight excluding hydrogens is 231 g/mol. The Kier molecular flexibility index (Phi) is 4.89. The summed E-state index contributed by atoms with van der Waals surface area (Å²) in [5, 5.41) is -1.65. The molecule has 96 valence electrons. The van der Waals surface area contributed by atoms with E-state index in [9.17, 15) is 9.36 Å². The molecule has 0 heterocycles. The molecule has 0 aliphatic rings. The highest BCUT2D eigenvalue weighted by molar-refractivity contribution is 7.54. The van der Waals surface area contributed by atoms with Gasteiger partial charge in [-0.1, -0.05) is 13.8 Å². The molecule has 16 heavy (non-hydrogen) atoms. The fraction of sp³-hybridized carbons (Fsp3) is 0.900. The first kappa shape index (κ1) is 15.8. The van der Waals surface area contributed by atoms with E-state index in [1.807, 2.05) is 0 Å². The van der Waals surface area contributed by atoms with Crippen LogP contribution in [0.2, 0.25) is 0 Å². The number of rotatable bonds is 6. The van der Waals surface area contributed by atoms with Crippen molar-refractivity contribution in [3.63, 3.8) is 0 Å². The van der Waals surface area contributed by atoms with Crippen molar-refractivity contribution in [3.8, 4) is 0 Å². The molecule has 5 nitrogen and oxygen atoms in total. The standard InChI is InChI=1S/C10H21O5P/c1-9(2,6-7-15-5)8(11)10(3,4)16(12,13)14/h6-7H2,1-5H3,(H2,12,13,14). The van der Waals surface area contributed by atoms with Crippen molar-refractivity contribution in [2.24, 2.45) is 5.41 Å². The van der Waals surface area contributed by atoms with Crippen molar-refractivity contribution in [1.29, 1.82) is 0 Å². The van der Waals surface area contributed by atoms with Crippen LogP contribution in [0, 0.1) is 5.41 Å². The second kappa shape index (κ2) is 4.96. The third-order valence-corrected chi connectivity index (χ3v) is 4.49. The van der Waals surface area contributed by atoms with Crippen molar-refractivity contribution in [3.05, 3.63) is 0 Å². The lowest BCUT2D eigenvalue weighted by Gasteiger charge is -2.33. The molecule has 0 fully saturated rings. The Morgan fingerprint density at radius 1 is 1.25 bits per heavy atom. The molecule has 0 atom stereocenters. The van der Waals surface area contributed by atoms with Crippen LogP contribution < -0.4 is 0 Å². The highest BCUT2D eigenvalue weighted by atomic mass is 31.2. The van der Waals surface area contributed by atoms with Gasteiger partial charge in [0.15, 0.2) is 5.78 Å². The molecule has 0 radical (unpaired) electrons. The van der Waals surface area contributed by atoms with E-state index in [1.54, 1.807) is 13.8 Å².